The number of thiazole rings is 1. The molecule has 1 N–H and O–H groups in total. The number of fused-ring (bicyclic) bond motifs is 3. The van der Waals surface area contributed by atoms with Gasteiger partial charge in [0.2, 0.25) is 16.7 Å². The number of nitrogens with zero attached hydrogens (tertiary/aromatic N) is 3. The fourth-order valence-electron chi connectivity index (χ4n) is 3.84. The van der Waals surface area contributed by atoms with E-state index in [2.05, 4.69) is 19.7 Å². The van der Waals surface area contributed by atoms with Crippen molar-refractivity contribution in [1.82, 2.24) is 15.0 Å². The summed E-state index contributed by atoms with van der Waals surface area (Å²) in [5.74, 6) is -0.415. The van der Waals surface area contributed by atoms with Gasteiger partial charge in [-0.2, -0.15) is 13.2 Å². The molecular weight excluding hydrogens is 509 g/mol. The number of hydrogen-bond acceptors (Lipinski definition) is 9. The summed E-state index contributed by atoms with van der Waals surface area (Å²) in [4.78, 5) is 12.3. The fraction of sp³-hybridized carbons (Fsp3) is 0.381. The van der Waals surface area contributed by atoms with E-state index in [0.29, 0.717) is 29.0 Å². The minimum atomic E-state index is -4.54. The Labute approximate surface area is 203 Å². The number of ether oxygens (including phenoxy) is 3. The van der Waals surface area contributed by atoms with Crippen LogP contribution in [0.5, 0.6) is 17.5 Å². The average Bonchev–Trinajstić information content (AvgIpc) is 3.25. The Kier molecular flexibility index (Phi) is 6.30. The fourth-order valence-corrected chi connectivity index (χ4v) is 6.54. The first-order chi connectivity index (χ1) is 16.5. The first-order valence-electron chi connectivity index (χ1n) is 10.4. The van der Waals surface area contributed by atoms with Crippen molar-refractivity contribution in [2.45, 2.75) is 43.4 Å². The van der Waals surface area contributed by atoms with E-state index in [1.54, 1.807) is 0 Å². The highest BCUT2D eigenvalue weighted by molar-refractivity contribution is 7.93. The number of hydrogen-bond donors (Lipinski definition) is 1. The van der Waals surface area contributed by atoms with Crippen LogP contribution in [-0.4, -0.2) is 37.6 Å². The zero-order valence-electron chi connectivity index (χ0n) is 19.1. The quantitative estimate of drug-likeness (QED) is 0.462. The van der Waals surface area contributed by atoms with Crippen LogP contribution in [0.1, 0.15) is 37.1 Å². The second-order valence-electron chi connectivity index (χ2n) is 7.54. The number of alkyl halides is 3. The first kappa shape index (κ1) is 25.0. The molecule has 0 atom stereocenters. The van der Waals surface area contributed by atoms with Gasteiger partial charge in [-0.25, -0.2) is 23.4 Å². The van der Waals surface area contributed by atoms with Gasteiger partial charge >= 0.3 is 6.18 Å². The summed E-state index contributed by atoms with van der Waals surface area (Å²) >= 11 is 1.04. The summed E-state index contributed by atoms with van der Waals surface area (Å²) in [6, 6.07) is 3.16. The van der Waals surface area contributed by atoms with E-state index in [1.165, 1.54) is 20.3 Å². The molecule has 0 spiro atoms. The van der Waals surface area contributed by atoms with Gasteiger partial charge in [0, 0.05) is 5.56 Å². The first-order valence-corrected chi connectivity index (χ1v) is 12.7. The lowest BCUT2D eigenvalue weighted by atomic mass is 9.89. The monoisotopic (exact) mass is 530 g/mol. The van der Waals surface area contributed by atoms with E-state index in [4.69, 9.17) is 14.2 Å². The zero-order valence-corrected chi connectivity index (χ0v) is 20.7. The zero-order chi connectivity index (χ0) is 25.6. The molecule has 4 rings (SSSR count). The Morgan fingerprint density at radius 1 is 1.11 bits per heavy atom. The van der Waals surface area contributed by atoms with Gasteiger partial charge in [0.25, 0.3) is 10.0 Å². The third-order valence-corrected chi connectivity index (χ3v) is 8.30. The number of aromatic nitrogens is 3. The summed E-state index contributed by atoms with van der Waals surface area (Å²) in [6.07, 6.45) is -2.60. The van der Waals surface area contributed by atoms with Crippen LogP contribution in [0.2, 0.25) is 0 Å². The molecule has 188 valence electrons. The van der Waals surface area contributed by atoms with Crippen molar-refractivity contribution in [3.63, 3.8) is 0 Å². The molecular formula is C21H21F3N4O5S2. The SMILES string of the molecule is CCC1(CC)Oc2cc(C(F)(F)F)ccc2-c2nc(NS(=O)(=O)c3c(OC)ncnc3OC)sc21. The maximum absolute atomic E-state index is 13.3. The smallest absolute Gasteiger partial charge is 0.416 e. The number of halogens is 3. The number of rotatable bonds is 7. The third kappa shape index (κ3) is 4.24. The predicted molar refractivity (Wildman–Crippen MR) is 121 cm³/mol. The Balaban J connectivity index is 1.83. The van der Waals surface area contributed by atoms with Gasteiger partial charge in [-0.15, -0.1) is 0 Å². The topological polar surface area (TPSA) is 113 Å². The van der Waals surface area contributed by atoms with E-state index < -0.39 is 32.3 Å². The summed E-state index contributed by atoms with van der Waals surface area (Å²) in [5.41, 5.74) is -1.13. The molecule has 3 aromatic rings. The molecule has 35 heavy (non-hydrogen) atoms. The summed E-state index contributed by atoms with van der Waals surface area (Å²) < 4.78 is 85.0. The lowest BCUT2D eigenvalue weighted by molar-refractivity contribution is -0.137. The van der Waals surface area contributed by atoms with Crippen molar-refractivity contribution in [2.24, 2.45) is 0 Å². The van der Waals surface area contributed by atoms with Gasteiger partial charge in [-0.05, 0) is 31.0 Å². The lowest BCUT2D eigenvalue weighted by Gasteiger charge is -2.36. The maximum atomic E-state index is 13.3. The third-order valence-electron chi connectivity index (χ3n) is 5.67. The average molecular weight is 531 g/mol. The molecule has 1 aliphatic rings. The van der Waals surface area contributed by atoms with Gasteiger partial charge in [0.15, 0.2) is 5.13 Å². The largest absolute Gasteiger partial charge is 0.481 e. The highest BCUT2D eigenvalue weighted by atomic mass is 32.2. The highest BCUT2D eigenvalue weighted by Crippen LogP contribution is 2.52. The summed E-state index contributed by atoms with van der Waals surface area (Å²) in [7, 11) is -1.81. The molecule has 0 amide bonds. The second kappa shape index (κ2) is 8.82. The molecule has 0 saturated heterocycles. The molecule has 1 aliphatic heterocycles. The van der Waals surface area contributed by atoms with Crippen LogP contribution in [0.25, 0.3) is 11.3 Å². The number of methoxy groups -OCH3 is 2. The molecule has 14 heteroatoms. The van der Waals surface area contributed by atoms with Crippen molar-refractivity contribution in [1.29, 1.82) is 0 Å². The van der Waals surface area contributed by atoms with Gasteiger partial charge in [0.05, 0.1) is 30.4 Å². The van der Waals surface area contributed by atoms with Crippen molar-refractivity contribution >= 4 is 26.5 Å². The number of sulfonamides is 1. The van der Waals surface area contributed by atoms with Gasteiger partial charge in [0.1, 0.15) is 17.7 Å². The standard InChI is InChI=1S/C21H21F3N4O5S2/c1-5-20(6-2)16-14(12-8-7-11(21(22,23)24)9-13(12)33-20)27-19(34-16)28-35(29,30)15-17(31-3)25-10-26-18(15)32-4/h7-10H,5-6H2,1-4H3,(H,27,28). The normalized spacial score (nSPS) is 14.5. The minimum absolute atomic E-state index is 0.00872. The molecule has 0 aliphatic carbocycles. The summed E-state index contributed by atoms with van der Waals surface area (Å²) in [6.45, 7) is 3.68. The molecule has 3 heterocycles. The van der Waals surface area contributed by atoms with Crippen LogP contribution in [0.4, 0.5) is 18.3 Å². The number of benzene rings is 1. The highest BCUT2D eigenvalue weighted by Gasteiger charge is 2.43. The van der Waals surface area contributed by atoms with Crippen molar-refractivity contribution in [3.8, 4) is 28.8 Å². The molecule has 1 aromatic carbocycles. The van der Waals surface area contributed by atoms with E-state index in [1.807, 2.05) is 13.8 Å². The Morgan fingerprint density at radius 2 is 1.74 bits per heavy atom. The molecule has 0 saturated carbocycles. The molecule has 0 radical (unpaired) electrons. The molecule has 0 fully saturated rings. The molecule has 0 bridgehead atoms. The van der Waals surface area contributed by atoms with Crippen LogP contribution in [0, 0.1) is 0 Å². The van der Waals surface area contributed by atoms with Crippen LogP contribution < -0.4 is 18.9 Å². The van der Waals surface area contributed by atoms with Crippen LogP contribution in [0.3, 0.4) is 0 Å². The van der Waals surface area contributed by atoms with Crippen LogP contribution in [0.15, 0.2) is 29.4 Å². The molecule has 9 nitrogen and oxygen atoms in total. The van der Waals surface area contributed by atoms with Crippen molar-refractivity contribution in [3.05, 3.63) is 35.0 Å². The second-order valence-corrected chi connectivity index (χ2v) is 10.2. The lowest BCUT2D eigenvalue weighted by Crippen LogP contribution is -2.34. The van der Waals surface area contributed by atoms with Crippen LogP contribution in [-0.2, 0) is 21.8 Å². The number of anilines is 1. The van der Waals surface area contributed by atoms with Gasteiger partial charge < -0.3 is 14.2 Å². The number of nitrogens with one attached hydrogen (secondary N) is 1. The predicted octanol–water partition coefficient (Wildman–Crippen LogP) is 4.84. The van der Waals surface area contributed by atoms with Gasteiger partial charge in [-0.3, -0.25) is 4.72 Å². The summed E-state index contributed by atoms with van der Waals surface area (Å²) in [5, 5.41) is -0.00872. The van der Waals surface area contributed by atoms with Crippen LogP contribution >= 0.6 is 11.3 Å². The van der Waals surface area contributed by atoms with E-state index >= 15 is 0 Å². The molecule has 0 unspecified atom stereocenters. The minimum Gasteiger partial charge on any atom is -0.481 e. The van der Waals surface area contributed by atoms with Crippen molar-refractivity contribution in [2.75, 3.05) is 18.9 Å². The van der Waals surface area contributed by atoms with Crippen molar-refractivity contribution < 1.29 is 35.8 Å². The van der Waals surface area contributed by atoms with E-state index in [-0.39, 0.29) is 22.6 Å². The maximum Gasteiger partial charge on any atom is 0.416 e. The Morgan fingerprint density at radius 3 is 2.29 bits per heavy atom. The van der Waals surface area contributed by atoms with E-state index in [9.17, 15) is 21.6 Å². The van der Waals surface area contributed by atoms with E-state index in [0.717, 1.165) is 29.8 Å². The Hall–Kier alpha value is -3.13. The molecule has 2 aromatic heterocycles. The van der Waals surface area contributed by atoms with Gasteiger partial charge in [-0.1, -0.05) is 25.2 Å². The Bertz CT molecular complexity index is 1350.